The monoisotopic (exact) mass is 352 g/mol. The van der Waals surface area contributed by atoms with Gasteiger partial charge in [-0.25, -0.2) is 14.8 Å². The predicted molar refractivity (Wildman–Crippen MR) is 76.8 cm³/mol. The Bertz CT molecular complexity index is 677. The van der Waals surface area contributed by atoms with E-state index in [1.54, 1.807) is 24.3 Å². The molecule has 8 nitrogen and oxygen atoms in total. The molecule has 1 atom stereocenters. The number of carboxylic acid groups (broad SMARTS) is 1. The number of benzene rings is 1. The molecule has 1 heterocycles. The summed E-state index contributed by atoms with van der Waals surface area (Å²) in [5.41, 5.74) is 0.230. The second-order valence-electron chi connectivity index (χ2n) is 3.99. The third kappa shape index (κ3) is 3.72. The molecule has 0 saturated heterocycles. The number of hydrogen-bond acceptors (Lipinski definition) is 6. The van der Waals surface area contributed by atoms with Gasteiger partial charge in [0.25, 0.3) is 0 Å². The molecule has 2 aromatic rings. The van der Waals surface area contributed by atoms with E-state index in [2.05, 4.69) is 31.2 Å². The van der Waals surface area contributed by atoms with Gasteiger partial charge in [-0.05, 0) is 17.7 Å². The number of nitrogens with zero attached hydrogens (tertiary/aromatic N) is 3. The molecule has 1 aromatic heterocycles. The van der Waals surface area contributed by atoms with Crippen molar-refractivity contribution < 1.29 is 14.8 Å². The van der Waals surface area contributed by atoms with E-state index >= 15 is 0 Å². The van der Waals surface area contributed by atoms with Crippen LogP contribution in [0.1, 0.15) is 11.6 Å². The molecule has 0 radical (unpaired) electrons. The first-order valence-corrected chi connectivity index (χ1v) is 6.48. The summed E-state index contributed by atoms with van der Waals surface area (Å²) in [6, 6.07) is 5.70. The molecule has 0 aliphatic heterocycles. The lowest BCUT2D eigenvalue weighted by Gasteiger charge is -2.14. The van der Waals surface area contributed by atoms with E-state index in [1.807, 2.05) is 0 Å². The SMILES string of the molecule is O=C(O)C(Nc1ncc([N+](=O)[O-])cn1)c1cccc(Br)c1. The van der Waals surface area contributed by atoms with Crippen molar-refractivity contribution >= 4 is 33.5 Å². The number of nitro groups is 1. The van der Waals surface area contributed by atoms with E-state index in [0.29, 0.717) is 5.56 Å². The van der Waals surface area contributed by atoms with Gasteiger partial charge in [-0.15, -0.1) is 0 Å². The fourth-order valence-corrected chi connectivity index (χ4v) is 2.01. The van der Waals surface area contributed by atoms with Gasteiger partial charge < -0.3 is 10.4 Å². The summed E-state index contributed by atoms with van der Waals surface area (Å²) in [6.07, 6.45) is 2.02. The minimum atomic E-state index is -1.12. The summed E-state index contributed by atoms with van der Waals surface area (Å²) < 4.78 is 0.734. The highest BCUT2D eigenvalue weighted by Gasteiger charge is 2.21. The Morgan fingerprint density at radius 1 is 1.38 bits per heavy atom. The van der Waals surface area contributed by atoms with E-state index in [9.17, 15) is 20.0 Å². The Balaban J connectivity index is 2.24. The highest BCUT2D eigenvalue weighted by molar-refractivity contribution is 9.10. The second kappa shape index (κ2) is 6.27. The van der Waals surface area contributed by atoms with Gasteiger partial charge in [-0.3, -0.25) is 10.1 Å². The summed E-state index contributed by atoms with van der Waals surface area (Å²) in [4.78, 5) is 28.7. The van der Waals surface area contributed by atoms with Crippen molar-refractivity contribution in [1.29, 1.82) is 0 Å². The number of carbonyl (C=O) groups is 1. The zero-order valence-electron chi connectivity index (χ0n) is 10.4. The molecular weight excluding hydrogens is 344 g/mol. The van der Waals surface area contributed by atoms with E-state index in [0.717, 1.165) is 16.9 Å². The van der Waals surface area contributed by atoms with Crippen LogP contribution in [0.15, 0.2) is 41.1 Å². The highest BCUT2D eigenvalue weighted by atomic mass is 79.9. The molecule has 0 amide bonds. The van der Waals surface area contributed by atoms with Crippen LogP contribution in [-0.2, 0) is 4.79 Å². The summed E-state index contributed by atoms with van der Waals surface area (Å²) in [5.74, 6) is -1.12. The number of carboxylic acids is 1. The van der Waals surface area contributed by atoms with Crippen molar-refractivity contribution in [2.24, 2.45) is 0 Å². The highest BCUT2D eigenvalue weighted by Crippen LogP contribution is 2.21. The second-order valence-corrected chi connectivity index (χ2v) is 4.91. The van der Waals surface area contributed by atoms with Gasteiger partial charge in [0.1, 0.15) is 12.4 Å². The van der Waals surface area contributed by atoms with Gasteiger partial charge in [0, 0.05) is 4.47 Å². The normalized spacial score (nSPS) is 11.7. The molecule has 2 rings (SSSR count). The fourth-order valence-electron chi connectivity index (χ4n) is 1.59. The summed E-state index contributed by atoms with van der Waals surface area (Å²) in [6.45, 7) is 0. The first-order valence-electron chi connectivity index (χ1n) is 5.68. The Labute approximate surface area is 127 Å². The maximum Gasteiger partial charge on any atom is 0.330 e. The van der Waals surface area contributed by atoms with Gasteiger partial charge in [0.15, 0.2) is 6.04 Å². The van der Waals surface area contributed by atoms with Crippen LogP contribution in [-0.4, -0.2) is 26.0 Å². The first kappa shape index (κ1) is 14.9. The lowest BCUT2D eigenvalue weighted by Crippen LogP contribution is -2.21. The van der Waals surface area contributed by atoms with Crippen molar-refractivity contribution in [3.05, 3.63) is 56.8 Å². The van der Waals surface area contributed by atoms with Crippen LogP contribution in [0.2, 0.25) is 0 Å². The molecule has 0 bridgehead atoms. The number of nitrogens with one attached hydrogen (secondary N) is 1. The van der Waals surface area contributed by atoms with Gasteiger partial charge in [0.2, 0.25) is 5.95 Å². The lowest BCUT2D eigenvalue weighted by atomic mass is 10.1. The number of rotatable bonds is 5. The van der Waals surface area contributed by atoms with Crippen molar-refractivity contribution in [3.8, 4) is 0 Å². The third-order valence-electron chi connectivity index (χ3n) is 2.55. The van der Waals surface area contributed by atoms with E-state index in [4.69, 9.17) is 0 Å². The van der Waals surface area contributed by atoms with E-state index < -0.39 is 16.9 Å². The molecule has 9 heteroatoms. The minimum absolute atomic E-state index is 0.00650. The fraction of sp³-hybridized carbons (Fsp3) is 0.0833. The molecule has 0 spiro atoms. The van der Waals surface area contributed by atoms with Gasteiger partial charge >= 0.3 is 11.7 Å². The zero-order valence-corrected chi connectivity index (χ0v) is 12.0. The number of halogens is 1. The summed E-state index contributed by atoms with van der Waals surface area (Å²) in [5, 5.41) is 22.4. The quantitative estimate of drug-likeness (QED) is 0.626. The Morgan fingerprint density at radius 2 is 2.05 bits per heavy atom. The van der Waals surface area contributed by atoms with Crippen molar-refractivity contribution in [2.75, 3.05) is 5.32 Å². The molecule has 1 aromatic carbocycles. The topological polar surface area (TPSA) is 118 Å². The van der Waals surface area contributed by atoms with Crippen LogP contribution in [0.3, 0.4) is 0 Å². The number of anilines is 1. The van der Waals surface area contributed by atoms with Crippen LogP contribution < -0.4 is 5.32 Å². The average molecular weight is 353 g/mol. The molecule has 0 fully saturated rings. The van der Waals surface area contributed by atoms with Gasteiger partial charge in [-0.2, -0.15) is 0 Å². The number of aromatic nitrogens is 2. The Kier molecular flexibility index (Phi) is 4.43. The van der Waals surface area contributed by atoms with Crippen LogP contribution in [0.5, 0.6) is 0 Å². The van der Waals surface area contributed by atoms with Gasteiger partial charge in [-0.1, -0.05) is 28.1 Å². The average Bonchev–Trinajstić information content (AvgIpc) is 2.45. The zero-order chi connectivity index (χ0) is 15.4. The van der Waals surface area contributed by atoms with Crippen LogP contribution in [0.25, 0.3) is 0 Å². The molecule has 108 valence electrons. The summed E-state index contributed by atoms with van der Waals surface area (Å²) in [7, 11) is 0. The van der Waals surface area contributed by atoms with Crippen LogP contribution in [0, 0.1) is 10.1 Å². The molecule has 2 N–H and O–H groups in total. The minimum Gasteiger partial charge on any atom is -0.479 e. The van der Waals surface area contributed by atoms with Crippen LogP contribution in [0.4, 0.5) is 11.6 Å². The van der Waals surface area contributed by atoms with E-state index in [1.165, 1.54) is 0 Å². The Hall–Kier alpha value is -2.55. The van der Waals surface area contributed by atoms with Crippen molar-refractivity contribution in [2.45, 2.75) is 6.04 Å². The predicted octanol–water partition coefficient (Wildman–Crippen LogP) is 2.39. The lowest BCUT2D eigenvalue weighted by molar-refractivity contribution is -0.385. The molecule has 21 heavy (non-hydrogen) atoms. The number of hydrogen-bond donors (Lipinski definition) is 2. The van der Waals surface area contributed by atoms with Crippen molar-refractivity contribution in [1.82, 2.24) is 9.97 Å². The Morgan fingerprint density at radius 3 is 2.57 bits per heavy atom. The molecule has 1 unspecified atom stereocenters. The molecule has 0 aliphatic carbocycles. The standard InChI is InChI=1S/C12H9BrN4O4/c13-8-3-1-2-7(4-8)10(11(18)19)16-12-14-5-9(6-15-12)17(20)21/h1-6,10H,(H,18,19)(H,14,15,16). The maximum absolute atomic E-state index is 11.3. The van der Waals surface area contributed by atoms with Crippen LogP contribution >= 0.6 is 15.9 Å². The van der Waals surface area contributed by atoms with Crippen molar-refractivity contribution in [3.63, 3.8) is 0 Å². The molecular formula is C12H9BrN4O4. The van der Waals surface area contributed by atoms with E-state index in [-0.39, 0.29) is 11.6 Å². The largest absolute Gasteiger partial charge is 0.479 e. The maximum atomic E-state index is 11.3. The van der Waals surface area contributed by atoms with Gasteiger partial charge in [0.05, 0.1) is 4.92 Å². The molecule has 0 saturated carbocycles. The smallest absolute Gasteiger partial charge is 0.330 e. The summed E-state index contributed by atoms with van der Waals surface area (Å²) >= 11 is 3.26. The number of aliphatic carboxylic acids is 1. The first-order chi connectivity index (χ1) is 9.97. The third-order valence-corrected chi connectivity index (χ3v) is 3.04. The molecule has 0 aliphatic rings.